The molecule has 0 N–H and O–H groups in total. The Morgan fingerprint density at radius 1 is 1.17 bits per heavy atom. The molecule has 8 heteroatoms. The third-order valence-corrected chi connectivity index (χ3v) is 4.54. The predicted molar refractivity (Wildman–Crippen MR) is 93.1 cm³/mol. The number of carbonyl (C=O) groups excluding carboxylic acids is 2. The molecule has 6 nitrogen and oxygen atoms in total. The number of rotatable bonds is 3. The highest BCUT2D eigenvalue weighted by atomic mass is 35.5. The van der Waals surface area contributed by atoms with Crippen molar-refractivity contribution < 1.29 is 14.5 Å². The van der Waals surface area contributed by atoms with E-state index >= 15 is 0 Å². The van der Waals surface area contributed by atoms with Gasteiger partial charge in [0, 0.05) is 22.4 Å². The number of nitro benzene ring substituents is 1. The lowest BCUT2D eigenvalue weighted by Crippen LogP contribution is -2.30. The monoisotopic (exact) mass is 362 g/mol. The summed E-state index contributed by atoms with van der Waals surface area (Å²) in [4.78, 5) is 36.9. The van der Waals surface area contributed by atoms with Crippen LogP contribution in [0, 0.1) is 17.0 Å². The standard InChI is InChI=1S/C16H11ClN2O4S/c1-8-12(7-24)14(19(22)23)5-4-13(8)18-15(20)10-3-2-9(17)6-11(10)16(18)21/h2-6,24H,7H2,1H3. The maximum absolute atomic E-state index is 12.6. The molecule has 1 aliphatic heterocycles. The van der Waals surface area contributed by atoms with Gasteiger partial charge in [-0.3, -0.25) is 19.7 Å². The summed E-state index contributed by atoms with van der Waals surface area (Å²) in [5.74, 6) is -0.862. The SMILES string of the molecule is Cc1c(N2C(=O)c3ccc(Cl)cc3C2=O)ccc([N+](=O)[O-])c1CS. The van der Waals surface area contributed by atoms with Crippen molar-refractivity contribution in [2.75, 3.05) is 4.90 Å². The third kappa shape index (κ3) is 2.37. The Bertz CT molecular complexity index is 913. The van der Waals surface area contributed by atoms with Crippen molar-refractivity contribution in [1.82, 2.24) is 0 Å². The average Bonchev–Trinajstić information content (AvgIpc) is 2.78. The minimum atomic E-state index is -0.509. The predicted octanol–water partition coefficient (Wildman–Crippen LogP) is 3.79. The molecule has 1 aliphatic rings. The highest BCUT2D eigenvalue weighted by Crippen LogP contribution is 2.36. The van der Waals surface area contributed by atoms with Crippen LogP contribution in [0.1, 0.15) is 31.8 Å². The Morgan fingerprint density at radius 3 is 2.46 bits per heavy atom. The molecule has 2 amide bonds. The second-order valence-corrected chi connectivity index (χ2v) is 6.01. The summed E-state index contributed by atoms with van der Waals surface area (Å²) in [7, 11) is 0. The minimum Gasteiger partial charge on any atom is -0.268 e. The van der Waals surface area contributed by atoms with Crippen molar-refractivity contribution in [2.45, 2.75) is 12.7 Å². The van der Waals surface area contributed by atoms with E-state index in [1.54, 1.807) is 6.92 Å². The normalized spacial score (nSPS) is 13.4. The van der Waals surface area contributed by atoms with Gasteiger partial charge in [0.05, 0.1) is 21.7 Å². The molecule has 0 spiro atoms. The number of hydrogen-bond acceptors (Lipinski definition) is 5. The summed E-state index contributed by atoms with van der Waals surface area (Å²) in [5, 5.41) is 11.5. The summed E-state index contributed by atoms with van der Waals surface area (Å²) in [6.45, 7) is 1.63. The first kappa shape index (κ1) is 16.5. The smallest absolute Gasteiger partial charge is 0.268 e. The van der Waals surface area contributed by atoms with Crippen molar-refractivity contribution >= 4 is 47.4 Å². The van der Waals surface area contributed by atoms with E-state index in [2.05, 4.69) is 12.6 Å². The van der Waals surface area contributed by atoms with Gasteiger partial charge in [-0.2, -0.15) is 12.6 Å². The number of amides is 2. The first-order valence-corrected chi connectivity index (χ1v) is 7.94. The molecule has 0 atom stereocenters. The number of nitrogens with zero attached hydrogens (tertiary/aromatic N) is 2. The van der Waals surface area contributed by atoms with Crippen LogP contribution in [-0.4, -0.2) is 16.7 Å². The molecule has 3 rings (SSSR count). The number of halogens is 1. The van der Waals surface area contributed by atoms with E-state index in [0.29, 0.717) is 21.8 Å². The topological polar surface area (TPSA) is 80.5 Å². The lowest BCUT2D eigenvalue weighted by Gasteiger charge is -2.18. The van der Waals surface area contributed by atoms with Crippen LogP contribution in [0.25, 0.3) is 0 Å². The van der Waals surface area contributed by atoms with Crippen molar-refractivity contribution in [2.24, 2.45) is 0 Å². The second kappa shape index (κ2) is 5.92. The van der Waals surface area contributed by atoms with E-state index in [-0.39, 0.29) is 22.6 Å². The zero-order valence-corrected chi connectivity index (χ0v) is 14.1. The van der Waals surface area contributed by atoms with E-state index < -0.39 is 16.7 Å². The summed E-state index contributed by atoms with van der Waals surface area (Å²) >= 11 is 10.0. The van der Waals surface area contributed by atoms with Gasteiger partial charge in [0.15, 0.2) is 0 Å². The number of anilines is 1. The molecular weight excluding hydrogens is 352 g/mol. The van der Waals surface area contributed by atoms with Crippen molar-refractivity contribution in [3.63, 3.8) is 0 Å². The third-order valence-electron chi connectivity index (χ3n) is 3.99. The number of imide groups is 1. The van der Waals surface area contributed by atoms with Crippen LogP contribution >= 0.6 is 24.2 Å². The average molecular weight is 363 g/mol. The van der Waals surface area contributed by atoms with Gasteiger partial charge in [-0.15, -0.1) is 0 Å². The fourth-order valence-corrected chi connectivity index (χ4v) is 3.35. The Hall–Kier alpha value is -2.38. The number of carbonyl (C=O) groups is 2. The lowest BCUT2D eigenvalue weighted by molar-refractivity contribution is -0.385. The van der Waals surface area contributed by atoms with Gasteiger partial charge < -0.3 is 0 Å². The largest absolute Gasteiger partial charge is 0.273 e. The fraction of sp³-hybridized carbons (Fsp3) is 0.125. The molecule has 0 fully saturated rings. The number of nitro groups is 1. The highest BCUT2D eigenvalue weighted by Gasteiger charge is 2.38. The molecule has 1 heterocycles. The first-order chi connectivity index (χ1) is 11.4. The second-order valence-electron chi connectivity index (χ2n) is 5.26. The molecule has 0 saturated heterocycles. The van der Waals surface area contributed by atoms with Crippen LogP contribution in [0.2, 0.25) is 5.02 Å². The molecule has 0 aromatic heterocycles. The van der Waals surface area contributed by atoms with Gasteiger partial charge in [0.2, 0.25) is 0 Å². The molecular formula is C16H11ClN2O4S. The van der Waals surface area contributed by atoms with Gasteiger partial charge in [-0.25, -0.2) is 4.90 Å². The summed E-state index contributed by atoms with van der Waals surface area (Å²) in [6, 6.07) is 7.17. The van der Waals surface area contributed by atoms with Gasteiger partial charge >= 0.3 is 0 Å². The maximum atomic E-state index is 12.6. The number of thiol groups is 1. The number of hydrogen-bond donors (Lipinski definition) is 1. The quantitative estimate of drug-likeness (QED) is 0.390. The Kier molecular flexibility index (Phi) is 4.06. The lowest BCUT2D eigenvalue weighted by atomic mass is 10.0. The minimum absolute atomic E-state index is 0.0918. The fourth-order valence-electron chi connectivity index (χ4n) is 2.77. The molecule has 0 radical (unpaired) electrons. The number of benzene rings is 2. The molecule has 0 unspecified atom stereocenters. The highest BCUT2D eigenvalue weighted by molar-refractivity contribution is 7.79. The van der Waals surface area contributed by atoms with Crippen LogP contribution in [0.5, 0.6) is 0 Å². The van der Waals surface area contributed by atoms with E-state index in [4.69, 9.17) is 11.6 Å². The Morgan fingerprint density at radius 2 is 1.83 bits per heavy atom. The van der Waals surface area contributed by atoms with E-state index in [0.717, 1.165) is 4.90 Å². The van der Waals surface area contributed by atoms with Crippen LogP contribution < -0.4 is 4.90 Å². The van der Waals surface area contributed by atoms with Gasteiger partial charge in [0.25, 0.3) is 17.5 Å². The molecule has 0 aliphatic carbocycles. The van der Waals surface area contributed by atoms with Gasteiger partial charge in [0.1, 0.15) is 0 Å². The van der Waals surface area contributed by atoms with Crippen LogP contribution in [0.3, 0.4) is 0 Å². The van der Waals surface area contributed by atoms with E-state index in [9.17, 15) is 19.7 Å². The molecule has 2 aromatic rings. The van der Waals surface area contributed by atoms with Crippen molar-refractivity contribution in [3.8, 4) is 0 Å². The number of fused-ring (bicyclic) bond motifs is 1. The van der Waals surface area contributed by atoms with Crippen molar-refractivity contribution in [3.05, 3.63) is 67.7 Å². The molecule has 0 saturated carbocycles. The Balaban J connectivity index is 2.16. The Labute approximate surface area is 147 Å². The zero-order valence-electron chi connectivity index (χ0n) is 12.4. The summed E-state index contributed by atoms with van der Waals surface area (Å²) in [5.41, 5.74) is 1.54. The summed E-state index contributed by atoms with van der Waals surface area (Å²) in [6.07, 6.45) is 0. The van der Waals surface area contributed by atoms with Crippen molar-refractivity contribution in [1.29, 1.82) is 0 Å². The van der Waals surface area contributed by atoms with E-state index in [1.165, 1.54) is 30.3 Å². The van der Waals surface area contributed by atoms with E-state index in [1.807, 2.05) is 0 Å². The molecule has 122 valence electrons. The van der Waals surface area contributed by atoms with Crippen LogP contribution in [-0.2, 0) is 5.75 Å². The van der Waals surface area contributed by atoms with Gasteiger partial charge in [-0.05, 0) is 36.8 Å². The molecule has 2 aromatic carbocycles. The summed E-state index contributed by atoms with van der Waals surface area (Å²) < 4.78 is 0. The maximum Gasteiger partial charge on any atom is 0.273 e. The van der Waals surface area contributed by atoms with Crippen LogP contribution in [0.4, 0.5) is 11.4 Å². The molecule has 0 bridgehead atoms. The van der Waals surface area contributed by atoms with Gasteiger partial charge in [-0.1, -0.05) is 11.6 Å². The molecule has 24 heavy (non-hydrogen) atoms. The van der Waals surface area contributed by atoms with Crippen LogP contribution in [0.15, 0.2) is 30.3 Å². The first-order valence-electron chi connectivity index (χ1n) is 6.93. The zero-order chi connectivity index (χ0) is 17.6.